The Kier molecular flexibility index (Phi) is 7.62. The maximum Gasteiger partial charge on any atom is 0.306 e. The minimum Gasteiger partial charge on any atom is -0.502 e. The van der Waals surface area contributed by atoms with Gasteiger partial charge in [0.05, 0.1) is 18.9 Å². The van der Waals surface area contributed by atoms with Crippen LogP contribution in [0.25, 0.3) is 0 Å². The number of hydrogen-bond acceptors (Lipinski definition) is 7. The Bertz CT molecular complexity index is 1120. The van der Waals surface area contributed by atoms with E-state index in [0.717, 1.165) is 6.07 Å². The van der Waals surface area contributed by atoms with Crippen LogP contribution < -0.4 is 10.2 Å². The summed E-state index contributed by atoms with van der Waals surface area (Å²) in [5, 5.41) is 19.6. The van der Waals surface area contributed by atoms with Crippen molar-refractivity contribution in [3.8, 4) is 11.5 Å². The molecule has 168 valence electrons. The van der Waals surface area contributed by atoms with Gasteiger partial charge in [0, 0.05) is 11.6 Å². The fraction of sp³-hybridized carbons (Fsp3) is 0.250. The van der Waals surface area contributed by atoms with Crippen LogP contribution in [0.4, 0.5) is 4.39 Å². The molecule has 0 saturated heterocycles. The number of aliphatic hydroxyl groups is 1. The van der Waals surface area contributed by atoms with E-state index in [9.17, 15) is 24.2 Å². The molecule has 1 atom stereocenters. The summed E-state index contributed by atoms with van der Waals surface area (Å²) < 4.78 is 29.9. The molecule has 3 rings (SSSR count). The Balaban J connectivity index is 1.88. The first kappa shape index (κ1) is 23.0. The summed E-state index contributed by atoms with van der Waals surface area (Å²) in [5.41, 5.74) is 0.225. The average molecular weight is 442 g/mol. The van der Waals surface area contributed by atoms with E-state index in [1.165, 1.54) is 6.07 Å². The van der Waals surface area contributed by atoms with E-state index in [1.54, 1.807) is 49.4 Å². The smallest absolute Gasteiger partial charge is 0.306 e. The molecular weight excluding hydrogens is 419 g/mol. The number of aromatic hydroxyl groups is 1. The molecule has 7 nitrogen and oxygen atoms in total. The van der Waals surface area contributed by atoms with Gasteiger partial charge in [0.1, 0.15) is 30.5 Å². The number of carbonyl (C=O) groups is 1. The standard InChI is InChI=1S/C24H23FO7/c1-2-30-22(28)12-19(24-23(29)21(27)11-18(13-26)32-24)15-7-9-17(10-8-15)31-14-16-5-3-4-6-20(16)25/h3-11,19,26,29H,2,12-14H2,1H3. The van der Waals surface area contributed by atoms with Gasteiger partial charge < -0.3 is 24.1 Å². The second-order valence-electron chi connectivity index (χ2n) is 6.96. The maximum atomic E-state index is 13.8. The van der Waals surface area contributed by atoms with Crippen molar-refractivity contribution in [3.63, 3.8) is 0 Å². The third-order valence-electron chi connectivity index (χ3n) is 4.78. The van der Waals surface area contributed by atoms with Crippen molar-refractivity contribution in [2.24, 2.45) is 0 Å². The van der Waals surface area contributed by atoms with Crippen LogP contribution in [-0.2, 0) is 22.7 Å². The van der Waals surface area contributed by atoms with E-state index >= 15 is 0 Å². The Hall–Kier alpha value is -3.65. The number of benzene rings is 2. The molecule has 0 fully saturated rings. The van der Waals surface area contributed by atoms with Crippen molar-refractivity contribution in [2.45, 2.75) is 32.5 Å². The Labute approximate surface area is 183 Å². The highest BCUT2D eigenvalue weighted by Crippen LogP contribution is 2.34. The molecule has 1 aromatic heterocycles. The van der Waals surface area contributed by atoms with Gasteiger partial charge in [-0.05, 0) is 30.7 Å². The summed E-state index contributed by atoms with van der Waals surface area (Å²) in [5.74, 6) is -2.12. The van der Waals surface area contributed by atoms with Crippen LogP contribution in [0.5, 0.6) is 11.5 Å². The molecule has 0 bridgehead atoms. The largest absolute Gasteiger partial charge is 0.502 e. The molecule has 2 N–H and O–H groups in total. The SMILES string of the molecule is CCOC(=O)CC(c1ccc(OCc2ccccc2F)cc1)c1oc(CO)cc(=O)c1O. The number of aliphatic hydroxyl groups excluding tert-OH is 1. The van der Waals surface area contributed by atoms with Gasteiger partial charge in [-0.15, -0.1) is 0 Å². The normalized spacial score (nSPS) is 11.7. The molecule has 0 aliphatic heterocycles. The molecule has 0 amide bonds. The number of hydrogen-bond donors (Lipinski definition) is 2. The van der Waals surface area contributed by atoms with E-state index in [-0.39, 0.29) is 37.0 Å². The van der Waals surface area contributed by atoms with E-state index in [1.807, 2.05) is 0 Å². The second kappa shape index (κ2) is 10.6. The van der Waals surface area contributed by atoms with Gasteiger partial charge in [0.25, 0.3) is 0 Å². The predicted octanol–water partition coefficient (Wildman–Crippen LogP) is 3.64. The van der Waals surface area contributed by atoms with Crippen molar-refractivity contribution in [2.75, 3.05) is 6.61 Å². The quantitative estimate of drug-likeness (QED) is 0.487. The highest BCUT2D eigenvalue weighted by atomic mass is 19.1. The van der Waals surface area contributed by atoms with Gasteiger partial charge in [-0.2, -0.15) is 0 Å². The zero-order valence-electron chi connectivity index (χ0n) is 17.4. The molecule has 1 heterocycles. The summed E-state index contributed by atoms with van der Waals surface area (Å²) in [6, 6.07) is 13.8. The van der Waals surface area contributed by atoms with Crippen LogP contribution >= 0.6 is 0 Å². The molecule has 0 saturated carbocycles. The van der Waals surface area contributed by atoms with E-state index in [4.69, 9.17) is 13.9 Å². The third-order valence-corrected chi connectivity index (χ3v) is 4.78. The molecule has 0 aliphatic rings. The second-order valence-corrected chi connectivity index (χ2v) is 6.96. The summed E-state index contributed by atoms with van der Waals surface area (Å²) in [4.78, 5) is 24.3. The van der Waals surface area contributed by atoms with Gasteiger partial charge in [-0.3, -0.25) is 9.59 Å². The fourth-order valence-electron chi connectivity index (χ4n) is 3.19. The molecule has 8 heteroatoms. The van der Waals surface area contributed by atoms with Gasteiger partial charge >= 0.3 is 5.97 Å². The van der Waals surface area contributed by atoms with E-state index in [0.29, 0.717) is 16.9 Å². The fourth-order valence-corrected chi connectivity index (χ4v) is 3.19. The minimum absolute atomic E-state index is 0.0342. The molecule has 2 aromatic carbocycles. The van der Waals surface area contributed by atoms with Crippen molar-refractivity contribution in [3.05, 3.63) is 93.3 Å². The first-order valence-corrected chi connectivity index (χ1v) is 10.0. The maximum absolute atomic E-state index is 13.8. The van der Waals surface area contributed by atoms with Crippen molar-refractivity contribution >= 4 is 5.97 Å². The Morgan fingerprint density at radius 1 is 1.16 bits per heavy atom. The summed E-state index contributed by atoms with van der Waals surface area (Å²) in [7, 11) is 0. The Morgan fingerprint density at radius 2 is 1.88 bits per heavy atom. The number of rotatable bonds is 9. The molecule has 0 radical (unpaired) electrons. The summed E-state index contributed by atoms with van der Waals surface area (Å²) in [6.07, 6.45) is -0.200. The van der Waals surface area contributed by atoms with Gasteiger partial charge in [0.2, 0.25) is 11.2 Å². The zero-order chi connectivity index (χ0) is 23.1. The molecular formula is C24H23FO7. The first-order chi connectivity index (χ1) is 15.4. The number of carbonyl (C=O) groups excluding carboxylic acids is 1. The number of ether oxygens (including phenoxy) is 2. The van der Waals surface area contributed by atoms with Crippen LogP contribution in [0.3, 0.4) is 0 Å². The number of esters is 1. The molecule has 0 aliphatic carbocycles. The van der Waals surface area contributed by atoms with Gasteiger partial charge in [0.15, 0.2) is 5.76 Å². The molecule has 32 heavy (non-hydrogen) atoms. The van der Waals surface area contributed by atoms with Gasteiger partial charge in [-0.1, -0.05) is 30.3 Å². The van der Waals surface area contributed by atoms with Gasteiger partial charge in [-0.25, -0.2) is 4.39 Å². The van der Waals surface area contributed by atoms with E-state index in [2.05, 4.69) is 0 Å². The third kappa shape index (κ3) is 5.53. The van der Waals surface area contributed by atoms with Crippen molar-refractivity contribution in [1.29, 1.82) is 0 Å². The molecule has 1 unspecified atom stereocenters. The zero-order valence-corrected chi connectivity index (χ0v) is 17.4. The van der Waals surface area contributed by atoms with Crippen molar-refractivity contribution in [1.82, 2.24) is 0 Å². The number of halogens is 1. The average Bonchev–Trinajstić information content (AvgIpc) is 2.79. The first-order valence-electron chi connectivity index (χ1n) is 10.0. The summed E-state index contributed by atoms with van der Waals surface area (Å²) >= 11 is 0. The lowest BCUT2D eigenvalue weighted by atomic mass is 9.92. The van der Waals surface area contributed by atoms with Crippen LogP contribution in [0.1, 0.15) is 41.9 Å². The topological polar surface area (TPSA) is 106 Å². The van der Waals surface area contributed by atoms with Crippen LogP contribution in [0.15, 0.2) is 63.8 Å². The minimum atomic E-state index is -0.839. The lowest BCUT2D eigenvalue weighted by Gasteiger charge is -2.18. The highest BCUT2D eigenvalue weighted by Gasteiger charge is 2.26. The summed E-state index contributed by atoms with van der Waals surface area (Å²) in [6.45, 7) is 1.32. The van der Waals surface area contributed by atoms with Crippen LogP contribution in [-0.4, -0.2) is 22.8 Å². The highest BCUT2D eigenvalue weighted by molar-refractivity contribution is 5.71. The van der Waals surface area contributed by atoms with Crippen LogP contribution in [0.2, 0.25) is 0 Å². The molecule has 3 aromatic rings. The molecule has 0 spiro atoms. The van der Waals surface area contributed by atoms with E-state index < -0.39 is 29.7 Å². The lowest BCUT2D eigenvalue weighted by Crippen LogP contribution is -2.15. The van der Waals surface area contributed by atoms with Crippen molar-refractivity contribution < 1.29 is 33.3 Å². The van der Waals surface area contributed by atoms with Crippen LogP contribution in [0, 0.1) is 5.82 Å². The lowest BCUT2D eigenvalue weighted by molar-refractivity contribution is -0.143. The predicted molar refractivity (Wildman–Crippen MR) is 113 cm³/mol. The Morgan fingerprint density at radius 3 is 2.53 bits per heavy atom. The monoisotopic (exact) mass is 442 g/mol.